The lowest BCUT2D eigenvalue weighted by Crippen LogP contribution is -2.36. The number of rotatable bonds is 6. The first-order valence-electron chi connectivity index (χ1n) is 6.46. The van der Waals surface area contributed by atoms with Crippen LogP contribution in [0.15, 0.2) is 4.52 Å². The standard InChI is InChI=1S/C12H21N3O2/c1-3-12(7-5-8-13-12)11-14-10(15-17-11)6-9-16-4-2/h13H,3-9H2,1-2H3. The molecule has 17 heavy (non-hydrogen) atoms. The molecule has 1 N–H and O–H groups in total. The first-order valence-corrected chi connectivity index (χ1v) is 6.46. The van der Waals surface area contributed by atoms with Crippen LogP contribution in [0.25, 0.3) is 0 Å². The fourth-order valence-corrected chi connectivity index (χ4v) is 2.30. The van der Waals surface area contributed by atoms with Crippen LogP contribution in [0, 0.1) is 0 Å². The molecule has 2 rings (SSSR count). The molecule has 1 unspecified atom stereocenters. The quantitative estimate of drug-likeness (QED) is 0.765. The van der Waals surface area contributed by atoms with Gasteiger partial charge >= 0.3 is 0 Å². The Morgan fingerprint density at radius 3 is 3.00 bits per heavy atom. The Morgan fingerprint density at radius 1 is 1.47 bits per heavy atom. The third kappa shape index (κ3) is 2.66. The van der Waals surface area contributed by atoms with Gasteiger partial charge in [0.15, 0.2) is 5.82 Å². The molecule has 0 saturated carbocycles. The summed E-state index contributed by atoms with van der Waals surface area (Å²) in [5.41, 5.74) is -0.0864. The summed E-state index contributed by atoms with van der Waals surface area (Å²) in [5, 5.41) is 7.51. The van der Waals surface area contributed by atoms with Crippen molar-refractivity contribution in [3.05, 3.63) is 11.7 Å². The Morgan fingerprint density at radius 2 is 2.35 bits per heavy atom. The third-order valence-corrected chi connectivity index (χ3v) is 3.40. The SMILES string of the molecule is CCOCCc1noc(C2(CC)CCCN2)n1. The molecule has 1 aromatic heterocycles. The smallest absolute Gasteiger partial charge is 0.246 e. The summed E-state index contributed by atoms with van der Waals surface area (Å²) in [7, 11) is 0. The van der Waals surface area contributed by atoms with E-state index in [4.69, 9.17) is 9.26 Å². The Labute approximate surface area is 102 Å². The molecule has 1 aliphatic heterocycles. The minimum atomic E-state index is -0.0864. The van der Waals surface area contributed by atoms with Gasteiger partial charge in [-0.05, 0) is 32.7 Å². The minimum absolute atomic E-state index is 0.0864. The summed E-state index contributed by atoms with van der Waals surface area (Å²) in [4.78, 5) is 4.49. The predicted octanol–water partition coefficient (Wildman–Crippen LogP) is 1.64. The van der Waals surface area contributed by atoms with Gasteiger partial charge < -0.3 is 14.6 Å². The highest BCUT2D eigenvalue weighted by Crippen LogP contribution is 2.32. The van der Waals surface area contributed by atoms with Crippen molar-refractivity contribution < 1.29 is 9.26 Å². The maximum Gasteiger partial charge on any atom is 0.246 e. The molecule has 1 aliphatic rings. The van der Waals surface area contributed by atoms with E-state index in [0.29, 0.717) is 6.61 Å². The van der Waals surface area contributed by atoms with Gasteiger partial charge in [-0.1, -0.05) is 12.1 Å². The summed E-state index contributed by atoms with van der Waals surface area (Å²) in [6.45, 7) is 6.55. The highest BCUT2D eigenvalue weighted by Gasteiger charge is 2.38. The highest BCUT2D eigenvalue weighted by atomic mass is 16.5. The second kappa shape index (κ2) is 5.60. The van der Waals surface area contributed by atoms with Crippen LogP contribution in [0.5, 0.6) is 0 Å². The van der Waals surface area contributed by atoms with Crippen molar-refractivity contribution in [3.63, 3.8) is 0 Å². The van der Waals surface area contributed by atoms with Gasteiger partial charge in [0.25, 0.3) is 0 Å². The van der Waals surface area contributed by atoms with Crippen LogP contribution in [-0.4, -0.2) is 29.9 Å². The topological polar surface area (TPSA) is 60.2 Å². The number of nitrogens with one attached hydrogen (secondary N) is 1. The van der Waals surface area contributed by atoms with E-state index in [1.165, 1.54) is 6.42 Å². The van der Waals surface area contributed by atoms with Crippen LogP contribution in [-0.2, 0) is 16.7 Å². The van der Waals surface area contributed by atoms with Gasteiger partial charge in [-0.3, -0.25) is 0 Å². The van der Waals surface area contributed by atoms with Crippen LogP contribution >= 0.6 is 0 Å². The van der Waals surface area contributed by atoms with Crippen LogP contribution in [0.1, 0.15) is 44.8 Å². The largest absolute Gasteiger partial charge is 0.381 e. The van der Waals surface area contributed by atoms with Crippen LogP contribution in [0.2, 0.25) is 0 Å². The van der Waals surface area contributed by atoms with Crippen molar-refractivity contribution in [1.82, 2.24) is 15.5 Å². The molecule has 5 nitrogen and oxygen atoms in total. The molecule has 96 valence electrons. The molecule has 0 aliphatic carbocycles. The Bertz CT molecular complexity index is 345. The van der Waals surface area contributed by atoms with E-state index in [-0.39, 0.29) is 5.54 Å². The Balaban J connectivity index is 2.01. The minimum Gasteiger partial charge on any atom is -0.381 e. The molecular weight excluding hydrogens is 218 g/mol. The monoisotopic (exact) mass is 239 g/mol. The average molecular weight is 239 g/mol. The number of aromatic nitrogens is 2. The molecule has 1 aromatic rings. The predicted molar refractivity (Wildman–Crippen MR) is 63.7 cm³/mol. The molecule has 2 heterocycles. The van der Waals surface area contributed by atoms with Gasteiger partial charge in [0.05, 0.1) is 12.1 Å². The molecule has 1 saturated heterocycles. The number of ether oxygens (including phenoxy) is 1. The van der Waals surface area contributed by atoms with E-state index < -0.39 is 0 Å². The van der Waals surface area contributed by atoms with Crippen molar-refractivity contribution >= 4 is 0 Å². The van der Waals surface area contributed by atoms with Gasteiger partial charge in [0.1, 0.15) is 0 Å². The zero-order valence-electron chi connectivity index (χ0n) is 10.7. The van der Waals surface area contributed by atoms with E-state index in [1.54, 1.807) is 0 Å². The van der Waals surface area contributed by atoms with Crippen molar-refractivity contribution in [2.24, 2.45) is 0 Å². The summed E-state index contributed by atoms with van der Waals surface area (Å²) >= 11 is 0. The fourth-order valence-electron chi connectivity index (χ4n) is 2.30. The Hall–Kier alpha value is -0.940. The molecule has 0 bridgehead atoms. The fraction of sp³-hybridized carbons (Fsp3) is 0.833. The van der Waals surface area contributed by atoms with Gasteiger partial charge in [-0.15, -0.1) is 0 Å². The molecular formula is C12H21N3O2. The maximum atomic E-state index is 5.39. The van der Waals surface area contributed by atoms with Crippen LogP contribution in [0.3, 0.4) is 0 Å². The normalized spacial score (nSPS) is 24.4. The first-order chi connectivity index (χ1) is 8.30. The molecule has 1 fully saturated rings. The van der Waals surface area contributed by atoms with Gasteiger partial charge in [-0.2, -0.15) is 4.98 Å². The molecule has 0 amide bonds. The van der Waals surface area contributed by atoms with Crippen molar-refractivity contribution in [2.45, 2.75) is 45.1 Å². The summed E-state index contributed by atoms with van der Waals surface area (Å²) in [6.07, 6.45) is 3.96. The number of nitrogens with zero attached hydrogens (tertiary/aromatic N) is 2. The van der Waals surface area contributed by atoms with Gasteiger partial charge in [0, 0.05) is 13.0 Å². The summed E-state index contributed by atoms with van der Waals surface area (Å²) in [6, 6.07) is 0. The van der Waals surface area contributed by atoms with Gasteiger partial charge in [-0.25, -0.2) is 0 Å². The summed E-state index contributed by atoms with van der Waals surface area (Å²) < 4.78 is 10.7. The molecule has 0 radical (unpaired) electrons. The van der Waals surface area contributed by atoms with Crippen molar-refractivity contribution in [1.29, 1.82) is 0 Å². The van der Waals surface area contributed by atoms with E-state index in [0.717, 1.165) is 44.1 Å². The lowest BCUT2D eigenvalue weighted by atomic mass is 9.94. The van der Waals surface area contributed by atoms with E-state index >= 15 is 0 Å². The van der Waals surface area contributed by atoms with E-state index in [1.807, 2.05) is 6.92 Å². The lowest BCUT2D eigenvalue weighted by Gasteiger charge is -2.22. The second-order valence-electron chi connectivity index (χ2n) is 4.43. The molecule has 5 heteroatoms. The highest BCUT2D eigenvalue weighted by molar-refractivity contribution is 5.06. The van der Waals surface area contributed by atoms with E-state index in [9.17, 15) is 0 Å². The Kier molecular flexibility index (Phi) is 4.12. The molecule has 0 aromatic carbocycles. The third-order valence-electron chi connectivity index (χ3n) is 3.40. The zero-order valence-corrected chi connectivity index (χ0v) is 10.7. The molecule has 0 spiro atoms. The molecule has 1 atom stereocenters. The zero-order chi connectivity index (χ0) is 12.1. The first kappa shape index (κ1) is 12.5. The maximum absolute atomic E-state index is 5.39. The van der Waals surface area contributed by atoms with E-state index in [2.05, 4.69) is 22.4 Å². The van der Waals surface area contributed by atoms with Crippen LogP contribution in [0.4, 0.5) is 0 Å². The summed E-state index contributed by atoms with van der Waals surface area (Å²) in [5.74, 6) is 1.49. The average Bonchev–Trinajstić information content (AvgIpc) is 2.98. The second-order valence-corrected chi connectivity index (χ2v) is 4.43. The van der Waals surface area contributed by atoms with Crippen molar-refractivity contribution in [3.8, 4) is 0 Å². The van der Waals surface area contributed by atoms with Crippen LogP contribution < -0.4 is 5.32 Å². The van der Waals surface area contributed by atoms with Crippen molar-refractivity contribution in [2.75, 3.05) is 19.8 Å². The lowest BCUT2D eigenvalue weighted by molar-refractivity contribution is 0.149. The number of hydrogen-bond acceptors (Lipinski definition) is 5. The van der Waals surface area contributed by atoms with Gasteiger partial charge in [0.2, 0.25) is 5.89 Å². The number of hydrogen-bond donors (Lipinski definition) is 1.